The van der Waals surface area contributed by atoms with Crippen LogP contribution in [0.15, 0.2) is 65.5 Å². The van der Waals surface area contributed by atoms with Crippen molar-refractivity contribution in [2.45, 2.75) is 57.7 Å². The molecule has 2 heterocycles. The summed E-state index contributed by atoms with van der Waals surface area (Å²) in [6.45, 7) is 3.14. The first-order valence-electron chi connectivity index (χ1n) is 12.7. The minimum atomic E-state index is -0.000664. The number of aromatic nitrogens is 1. The molecule has 1 amide bonds. The smallest absolute Gasteiger partial charge is 0.255 e. The fraction of sp³-hybridized carbons (Fsp3) is 0.448. The molecule has 1 saturated heterocycles. The Kier molecular flexibility index (Phi) is 6.82. The Labute approximate surface area is 202 Å². The number of amides is 1. The number of likely N-dealkylation sites (tertiary alicyclic amines) is 1. The summed E-state index contributed by atoms with van der Waals surface area (Å²) in [7, 11) is 1.83. The van der Waals surface area contributed by atoms with Crippen LogP contribution in [0, 0.1) is 5.92 Å². The van der Waals surface area contributed by atoms with Gasteiger partial charge in [-0.1, -0.05) is 67.8 Å². The number of fused-ring (bicyclic) bond motifs is 1. The number of aryl methyl sites for hydroxylation is 1. The van der Waals surface area contributed by atoms with Crippen LogP contribution in [0.1, 0.15) is 49.7 Å². The van der Waals surface area contributed by atoms with Crippen molar-refractivity contribution in [1.29, 1.82) is 0 Å². The second-order valence-corrected chi connectivity index (χ2v) is 10.1. The summed E-state index contributed by atoms with van der Waals surface area (Å²) in [5.41, 5.74) is 2.94. The predicted octanol–water partition coefficient (Wildman–Crippen LogP) is 4.72. The molecule has 34 heavy (non-hydrogen) atoms. The van der Waals surface area contributed by atoms with Crippen LogP contribution < -0.4 is 5.56 Å². The number of para-hydroxylation sites is 1. The summed E-state index contributed by atoms with van der Waals surface area (Å²) in [4.78, 5) is 31.6. The van der Waals surface area contributed by atoms with E-state index >= 15 is 0 Å². The van der Waals surface area contributed by atoms with Gasteiger partial charge >= 0.3 is 0 Å². The van der Waals surface area contributed by atoms with Gasteiger partial charge in [0.15, 0.2) is 0 Å². The van der Waals surface area contributed by atoms with Crippen molar-refractivity contribution < 1.29 is 4.79 Å². The van der Waals surface area contributed by atoms with E-state index < -0.39 is 0 Å². The van der Waals surface area contributed by atoms with Gasteiger partial charge in [-0.05, 0) is 42.3 Å². The Balaban J connectivity index is 1.41. The molecular weight excluding hydrogens is 422 g/mol. The molecule has 2 fully saturated rings. The van der Waals surface area contributed by atoms with Crippen LogP contribution in [0.2, 0.25) is 0 Å². The zero-order valence-electron chi connectivity index (χ0n) is 20.2. The third kappa shape index (κ3) is 4.80. The Hall–Kier alpha value is -2.92. The SMILES string of the molecule is Cn1c(=O)c(CN(C(=O)C2CCCCC2)[C@H]2CCN(Cc3ccccc3)C2)cc2ccccc21. The largest absolute Gasteiger partial charge is 0.334 e. The van der Waals surface area contributed by atoms with Gasteiger partial charge in [0.05, 0.1) is 12.1 Å². The first-order valence-corrected chi connectivity index (χ1v) is 12.7. The first-order chi connectivity index (χ1) is 16.6. The maximum Gasteiger partial charge on any atom is 0.255 e. The van der Waals surface area contributed by atoms with E-state index in [0.717, 1.165) is 62.6 Å². The summed E-state index contributed by atoms with van der Waals surface area (Å²) in [5.74, 6) is 0.350. The lowest BCUT2D eigenvalue weighted by Gasteiger charge is -2.34. The summed E-state index contributed by atoms with van der Waals surface area (Å²) in [6, 6.07) is 20.7. The average molecular weight is 458 g/mol. The highest BCUT2D eigenvalue weighted by molar-refractivity contribution is 5.81. The van der Waals surface area contributed by atoms with Gasteiger partial charge in [0.2, 0.25) is 5.91 Å². The fourth-order valence-electron chi connectivity index (χ4n) is 5.81. The molecule has 1 atom stereocenters. The number of rotatable bonds is 6. The molecule has 0 spiro atoms. The Bertz CT molecular complexity index is 1200. The van der Waals surface area contributed by atoms with E-state index in [4.69, 9.17) is 0 Å². The second kappa shape index (κ2) is 10.1. The normalized spacial score (nSPS) is 19.5. The van der Waals surface area contributed by atoms with Gasteiger partial charge in [-0.3, -0.25) is 14.5 Å². The highest BCUT2D eigenvalue weighted by Gasteiger charge is 2.35. The van der Waals surface area contributed by atoms with Crippen LogP contribution >= 0.6 is 0 Å². The molecule has 1 aliphatic heterocycles. The van der Waals surface area contributed by atoms with Gasteiger partial charge in [0, 0.05) is 44.2 Å². The summed E-state index contributed by atoms with van der Waals surface area (Å²) in [5, 5.41) is 1.04. The molecule has 0 radical (unpaired) electrons. The van der Waals surface area contributed by atoms with Crippen molar-refractivity contribution in [3.8, 4) is 0 Å². The van der Waals surface area contributed by atoms with Crippen LogP contribution in [0.3, 0.4) is 0 Å². The number of carbonyl (C=O) groups excluding carboxylic acids is 1. The quantitative estimate of drug-likeness (QED) is 0.538. The van der Waals surface area contributed by atoms with Crippen LogP contribution in [0.5, 0.6) is 0 Å². The molecule has 1 saturated carbocycles. The van der Waals surface area contributed by atoms with Crippen LogP contribution in [-0.4, -0.2) is 39.4 Å². The Morgan fingerprint density at radius 2 is 1.71 bits per heavy atom. The van der Waals surface area contributed by atoms with E-state index in [9.17, 15) is 9.59 Å². The molecule has 0 N–H and O–H groups in total. The maximum atomic E-state index is 13.8. The highest BCUT2D eigenvalue weighted by atomic mass is 16.2. The molecule has 5 rings (SSSR count). The lowest BCUT2D eigenvalue weighted by molar-refractivity contribution is -0.139. The number of hydrogen-bond donors (Lipinski definition) is 0. The molecule has 3 aromatic rings. The molecule has 2 aromatic carbocycles. The van der Waals surface area contributed by atoms with Crippen molar-refractivity contribution in [3.05, 3.63) is 82.1 Å². The molecule has 0 bridgehead atoms. The van der Waals surface area contributed by atoms with E-state index in [1.165, 1.54) is 12.0 Å². The number of carbonyl (C=O) groups is 1. The number of hydrogen-bond acceptors (Lipinski definition) is 3. The molecule has 1 aromatic heterocycles. The standard InChI is InChI=1S/C29H35N3O2/c1-30-27-15-9-8-14-24(27)18-25(28(30)33)20-32(29(34)23-12-6-3-7-13-23)26-16-17-31(21-26)19-22-10-4-2-5-11-22/h2,4-5,8-11,14-15,18,23,26H,3,6-7,12-13,16-17,19-21H2,1H3/t26-/m0/s1. The number of nitrogens with zero attached hydrogens (tertiary/aromatic N) is 3. The lowest BCUT2D eigenvalue weighted by Crippen LogP contribution is -2.46. The predicted molar refractivity (Wildman–Crippen MR) is 136 cm³/mol. The highest BCUT2D eigenvalue weighted by Crippen LogP contribution is 2.29. The third-order valence-electron chi connectivity index (χ3n) is 7.72. The van der Waals surface area contributed by atoms with Gasteiger partial charge in [-0.2, -0.15) is 0 Å². The molecule has 5 heteroatoms. The van der Waals surface area contributed by atoms with Crippen molar-refractivity contribution in [2.75, 3.05) is 13.1 Å². The zero-order chi connectivity index (χ0) is 23.5. The van der Waals surface area contributed by atoms with Gasteiger partial charge in [0.1, 0.15) is 0 Å². The fourth-order valence-corrected chi connectivity index (χ4v) is 5.81. The van der Waals surface area contributed by atoms with Crippen LogP contribution in [-0.2, 0) is 24.9 Å². The van der Waals surface area contributed by atoms with E-state index in [1.807, 2.05) is 43.4 Å². The zero-order valence-corrected chi connectivity index (χ0v) is 20.2. The van der Waals surface area contributed by atoms with Crippen molar-refractivity contribution in [3.63, 3.8) is 0 Å². The van der Waals surface area contributed by atoms with Gasteiger partial charge in [0.25, 0.3) is 5.56 Å². The van der Waals surface area contributed by atoms with E-state index in [1.54, 1.807) is 4.57 Å². The minimum absolute atomic E-state index is 0.000664. The monoisotopic (exact) mass is 457 g/mol. The van der Waals surface area contributed by atoms with Crippen molar-refractivity contribution >= 4 is 16.8 Å². The van der Waals surface area contributed by atoms with E-state index in [0.29, 0.717) is 12.1 Å². The van der Waals surface area contributed by atoms with Gasteiger partial charge < -0.3 is 9.47 Å². The van der Waals surface area contributed by atoms with Crippen molar-refractivity contribution in [1.82, 2.24) is 14.4 Å². The minimum Gasteiger partial charge on any atom is -0.334 e. The van der Waals surface area contributed by atoms with Crippen LogP contribution in [0.25, 0.3) is 10.9 Å². The van der Waals surface area contributed by atoms with E-state index in [2.05, 4.69) is 34.1 Å². The summed E-state index contributed by atoms with van der Waals surface area (Å²) in [6.07, 6.45) is 6.40. The van der Waals surface area contributed by atoms with E-state index in [-0.39, 0.29) is 23.4 Å². The Morgan fingerprint density at radius 1 is 0.971 bits per heavy atom. The molecule has 2 aliphatic rings. The average Bonchev–Trinajstić information content (AvgIpc) is 3.34. The third-order valence-corrected chi connectivity index (χ3v) is 7.72. The van der Waals surface area contributed by atoms with Crippen LogP contribution in [0.4, 0.5) is 0 Å². The summed E-state index contributed by atoms with van der Waals surface area (Å²) < 4.78 is 1.73. The molecule has 0 unspecified atom stereocenters. The second-order valence-electron chi connectivity index (χ2n) is 10.1. The van der Waals surface area contributed by atoms with Gasteiger partial charge in [-0.15, -0.1) is 0 Å². The summed E-state index contributed by atoms with van der Waals surface area (Å²) >= 11 is 0. The van der Waals surface area contributed by atoms with Crippen molar-refractivity contribution in [2.24, 2.45) is 13.0 Å². The number of pyridine rings is 1. The lowest BCUT2D eigenvalue weighted by atomic mass is 9.87. The first kappa shape index (κ1) is 22.9. The van der Waals surface area contributed by atoms with Gasteiger partial charge in [-0.25, -0.2) is 0 Å². The molecular formula is C29H35N3O2. The molecule has 1 aliphatic carbocycles. The Morgan fingerprint density at radius 3 is 2.50 bits per heavy atom. The topological polar surface area (TPSA) is 45.6 Å². The molecule has 178 valence electrons. The number of benzene rings is 2. The maximum absolute atomic E-state index is 13.8. The molecule has 5 nitrogen and oxygen atoms in total.